The van der Waals surface area contributed by atoms with E-state index < -0.39 is 5.54 Å². The van der Waals surface area contributed by atoms with E-state index in [0.717, 1.165) is 6.54 Å². The van der Waals surface area contributed by atoms with Gasteiger partial charge in [-0.3, -0.25) is 4.90 Å². The predicted molar refractivity (Wildman–Crippen MR) is 57.6 cm³/mol. The highest BCUT2D eigenvalue weighted by Gasteiger charge is 2.33. The lowest BCUT2D eigenvalue weighted by Gasteiger charge is -2.29. The summed E-state index contributed by atoms with van der Waals surface area (Å²) in [5.74, 6) is 0.644. The molecule has 0 aliphatic heterocycles. The summed E-state index contributed by atoms with van der Waals surface area (Å²) in [5, 5.41) is 8.88. The smallest absolute Gasteiger partial charge is 0.114 e. The Morgan fingerprint density at radius 2 is 2.14 bits per heavy atom. The normalized spacial score (nSPS) is 20.9. The Labute approximate surface area is 86.9 Å². The van der Waals surface area contributed by atoms with Crippen molar-refractivity contribution in [2.45, 2.75) is 45.2 Å². The Morgan fingerprint density at radius 3 is 2.50 bits per heavy atom. The van der Waals surface area contributed by atoms with Gasteiger partial charge in [0.05, 0.1) is 6.07 Å². The molecule has 14 heavy (non-hydrogen) atoms. The molecule has 1 atom stereocenters. The third kappa shape index (κ3) is 3.65. The molecule has 3 nitrogen and oxygen atoms in total. The Hall–Kier alpha value is -0.590. The molecule has 1 rings (SSSR count). The standard InChI is InChI=1S/C11H21N3/c1-9(2)6-14(10-4-5-10)8-11(3,13)7-12/h9-10H,4-6,8,13H2,1-3H3. The third-order valence-electron chi connectivity index (χ3n) is 2.45. The molecule has 0 aromatic heterocycles. The summed E-state index contributed by atoms with van der Waals surface area (Å²) in [4.78, 5) is 2.37. The van der Waals surface area contributed by atoms with Crippen molar-refractivity contribution in [2.75, 3.05) is 13.1 Å². The Kier molecular flexibility index (Phi) is 3.52. The predicted octanol–water partition coefficient (Wildman–Crippen LogP) is 1.35. The van der Waals surface area contributed by atoms with E-state index in [9.17, 15) is 0 Å². The number of rotatable bonds is 5. The van der Waals surface area contributed by atoms with Crippen LogP contribution in [0.5, 0.6) is 0 Å². The summed E-state index contributed by atoms with van der Waals surface area (Å²) in [6, 6.07) is 2.85. The van der Waals surface area contributed by atoms with Gasteiger partial charge in [0.15, 0.2) is 0 Å². The molecule has 0 spiro atoms. The Balaban J connectivity index is 2.47. The minimum Gasteiger partial charge on any atom is -0.313 e. The molecular weight excluding hydrogens is 174 g/mol. The van der Waals surface area contributed by atoms with Crippen molar-refractivity contribution in [3.63, 3.8) is 0 Å². The Bertz CT molecular complexity index is 223. The summed E-state index contributed by atoms with van der Waals surface area (Å²) in [7, 11) is 0. The lowest BCUT2D eigenvalue weighted by atomic mass is 10.0. The molecule has 0 aromatic carbocycles. The van der Waals surface area contributed by atoms with Gasteiger partial charge < -0.3 is 5.73 Å². The zero-order chi connectivity index (χ0) is 10.8. The molecule has 0 aromatic rings. The van der Waals surface area contributed by atoms with E-state index in [1.807, 2.05) is 6.92 Å². The SMILES string of the molecule is CC(C)CN(CC(C)(N)C#N)C1CC1. The van der Waals surface area contributed by atoms with Gasteiger partial charge >= 0.3 is 0 Å². The van der Waals surface area contributed by atoms with Crippen LogP contribution in [0.4, 0.5) is 0 Å². The highest BCUT2D eigenvalue weighted by Crippen LogP contribution is 2.28. The fourth-order valence-corrected chi connectivity index (χ4v) is 1.71. The summed E-state index contributed by atoms with van der Waals surface area (Å²) >= 11 is 0. The second-order valence-electron chi connectivity index (χ2n) is 5.08. The summed E-state index contributed by atoms with van der Waals surface area (Å²) < 4.78 is 0. The van der Waals surface area contributed by atoms with Gasteiger partial charge in [-0.25, -0.2) is 0 Å². The minimum atomic E-state index is -0.697. The maximum Gasteiger partial charge on any atom is 0.114 e. The maximum absolute atomic E-state index is 8.88. The van der Waals surface area contributed by atoms with E-state index in [2.05, 4.69) is 24.8 Å². The molecular formula is C11H21N3. The van der Waals surface area contributed by atoms with Crippen molar-refractivity contribution in [1.29, 1.82) is 5.26 Å². The molecule has 1 aliphatic carbocycles. The number of nitriles is 1. The van der Waals surface area contributed by atoms with Crippen LogP contribution in [0.3, 0.4) is 0 Å². The van der Waals surface area contributed by atoms with Crippen molar-refractivity contribution in [1.82, 2.24) is 4.90 Å². The second-order valence-corrected chi connectivity index (χ2v) is 5.08. The number of nitrogens with two attached hydrogens (primary N) is 1. The van der Waals surface area contributed by atoms with Gasteiger partial charge in [0, 0.05) is 19.1 Å². The van der Waals surface area contributed by atoms with Gasteiger partial charge in [0.1, 0.15) is 5.54 Å². The molecule has 0 radical (unpaired) electrons. The van der Waals surface area contributed by atoms with Crippen LogP contribution in [0, 0.1) is 17.2 Å². The molecule has 1 aliphatic rings. The quantitative estimate of drug-likeness (QED) is 0.720. The average Bonchev–Trinajstić information content (AvgIpc) is 2.84. The zero-order valence-electron chi connectivity index (χ0n) is 9.45. The van der Waals surface area contributed by atoms with Gasteiger partial charge in [-0.2, -0.15) is 5.26 Å². The molecule has 80 valence electrons. The first kappa shape index (κ1) is 11.5. The summed E-state index contributed by atoms with van der Waals surface area (Å²) in [6.45, 7) is 7.97. The van der Waals surface area contributed by atoms with E-state index >= 15 is 0 Å². The molecule has 1 saturated carbocycles. The minimum absolute atomic E-state index is 0.644. The van der Waals surface area contributed by atoms with Crippen LogP contribution >= 0.6 is 0 Å². The molecule has 0 heterocycles. The summed E-state index contributed by atoms with van der Waals surface area (Å²) in [5.41, 5.74) is 5.16. The number of nitrogens with zero attached hydrogens (tertiary/aromatic N) is 2. The van der Waals surface area contributed by atoms with Crippen LogP contribution in [-0.4, -0.2) is 29.6 Å². The average molecular weight is 195 g/mol. The largest absolute Gasteiger partial charge is 0.313 e. The number of hydrogen-bond donors (Lipinski definition) is 1. The maximum atomic E-state index is 8.88. The van der Waals surface area contributed by atoms with Gasteiger partial charge in [0.2, 0.25) is 0 Å². The van der Waals surface area contributed by atoms with Gasteiger partial charge in [-0.05, 0) is 25.7 Å². The third-order valence-corrected chi connectivity index (χ3v) is 2.45. The van der Waals surface area contributed by atoms with Crippen LogP contribution < -0.4 is 5.73 Å². The molecule has 0 saturated heterocycles. The first-order valence-corrected chi connectivity index (χ1v) is 5.39. The second kappa shape index (κ2) is 4.29. The van der Waals surface area contributed by atoms with Crippen LogP contribution in [0.15, 0.2) is 0 Å². The van der Waals surface area contributed by atoms with Gasteiger partial charge in [0.25, 0.3) is 0 Å². The van der Waals surface area contributed by atoms with Crippen molar-refractivity contribution in [3.05, 3.63) is 0 Å². The first-order chi connectivity index (χ1) is 6.44. The molecule has 3 heteroatoms. The van der Waals surface area contributed by atoms with Crippen LogP contribution in [-0.2, 0) is 0 Å². The topological polar surface area (TPSA) is 53.0 Å². The van der Waals surface area contributed by atoms with Crippen molar-refractivity contribution in [2.24, 2.45) is 11.7 Å². The van der Waals surface area contributed by atoms with E-state index in [-0.39, 0.29) is 0 Å². The summed E-state index contributed by atoms with van der Waals surface area (Å²) in [6.07, 6.45) is 2.54. The van der Waals surface area contributed by atoms with Crippen LogP contribution in [0.2, 0.25) is 0 Å². The molecule has 1 fully saturated rings. The lowest BCUT2D eigenvalue weighted by molar-refractivity contribution is 0.207. The molecule has 1 unspecified atom stereocenters. The van der Waals surface area contributed by atoms with Crippen molar-refractivity contribution < 1.29 is 0 Å². The zero-order valence-corrected chi connectivity index (χ0v) is 9.45. The fourth-order valence-electron chi connectivity index (χ4n) is 1.71. The monoisotopic (exact) mass is 195 g/mol. The van der Waals surface area contributed by atoms with E-state index in [0.29, 0.717) is 18.5 Å². The van der Waals surface area contributed by atoms with E-state index in [1.165, 1.54) is 12.8 Å². The Morgan fingerprint density at radius 1 is 1.57 bits per heavy atom. The highest BCUT2D eigenvalue weighted by molar-refractivity contribution is 5.04. The molecule has 0 bridgehead atoms. The first-order valence-electron chi connectivity index (χ1n) is 5.39. The van der Waals surface area contributed by atoms with Crippen molar-refractivity contribution >= 4 is 0 Å². The fraction of sp³-hybridized carbons (Fsp3) is 0.909. The van der Waals surface area contributed by atoms with Crippen LogP contribution in [0.25, 0.3) is 0 Å². The molecule has 2 N–H and O–H groups in total. The highest BCUT2D eigenvalue weighted by atomic mass is 15.2. The lowest BCUT2D eigenvalue weighted by Crippen LogP contribution is -2.48. The van der Waals surface area contributed by atoms with Crippen LogP contribution in [0.1, 0.15) is 33.6 Å². The molecule has 0 amide bonds. The van der Waals surface area contributed by atoms with Gasteiger partial charge in [-0.1, -0.05) is 13.8 Å². The van der Waals surface area contributed by atoms with Gasteiger partial charge in [-0.15, -0.1) is 0 Å². The van der Waals surface area contributed by atoms with E-state index in [1.54, 1.807) is 0 Å². The van der Waals surface area contributed by atoms with Crippen molar-refractivity contribution in [3.8, 4) is 6.07 Å². The number of hydrogen-bond acceptors (Lipinski definition) is 3. The van der Waals surface area contributed by atoms with E-state index in [4.69, 9.17) is 11.0 Å².